The Hall–Kier alpha value is -2.73. The third-order valence-electron chi connectivity index (χ3n) is 3.60. The number of nitrogens with zero attached hydrogens (tertiary/aromatic N) is 1. The lowest BCUT2D eigenvalue weighted by Crippen LogP contribution is -2.35. The maximum absolute atomic E-state index is 12.0. The molecule has 0 saturated heterocycles. The average Bonchev–Trinajstić information content (AvgIpc) is 2.60. The van der Waals surface area contributed by atoms with Gasteiger partial charge in [0.15, 0.2) is 0 Å². The van der Waals surface area contributed by atoms with Gasteiger partial charge in [-0.15, -0.1) is 0 Å². The van der Waals surface area contributed by atoms with Crippen molar-refractivity contribution in [3.8, 4) is 0 Å². The first-order chi connectivity index (χ1) is 11.5. The number of anilines is 1. The number of aryl methyl sites for hydroxylation is 1. The van der Waals surface area contributed by atoms with Crippen molar-refractivity contribution in [1.82, 2.24) is 10.3 Å². The molecule has 2 amide bonds. The van der Waals surface area contributed by atoms with Gasteiger partial charge in [-0.1, -0.05) is 18.2 Å². The smallest absolute Gasteiger partial charge is 0.313 e. The molecule has 6 nitrogen and oxygen atoms in total. The van der Waals surface area contributed by atoms with E-state index in [0.717, 1.165) is 16.8 Å². The maximum atomic E-state index is 12.0. The standard InChI is InChI=1S/C18H21N3O3/c1-12-7-8-14(10-19-12)11-20-17(22)18(23)21-16-6-4-5-15(9-16)13(2)24-3/h4-10,13H,11H2,1-3H3,(H,20,22)(H,21,23)/t13-/m0/s1. The van der Waals surface area contributed by atoms with Crippen LogP contribution < -0.4 is 10.6 Å². The minimum atomic E-state index is -0.711. The number of carbonyl (C=O) groups excluding carboxylic acids is 2. The maximum Gasteiger partial charge on any atom is 0.313 e. The second-order valence-electron chi connectivity index (χ2n) is 5.45. The van der Waals surface area contributed by atoms with E-state index in [1.165, 1.54) is 0 Å². The van der Waals surface area contributed by atoms with Crippen LogP contribution in [0.4, 0.5) is 5.69 Å². The molecule has 1 heterocycles. The molecule has 0 aliphatic rings. The minimum absolute atomic E-state index is 0.0929. The first-order valence-electron chi connectivity index (χ1n) is 7.63. The number of pyridine rings is 1. The van der Waals surface area contributed by atoms with Crippen LogP contribution in [0.3, 0.4) is 0 Å². The number of hydrogen-bond donors (Lipinski definition) is 2. The van der Waals surface area contributed by atoms with Gasteiger partial charge in [0.05, 0.1) is 6.10 Å². The summed E-state index contributed by atoms with van der Waals surface area (Å²) in [6.45, 7) is 4.04. The predicted molar refractivity (Wildman–Crippen MR) is 91.3 cm³/mol. The molecule has 0 aliphatic carbocycles. The van der Waals surface area contributed by atoms with Crippen LogP contribution in [-0.2, 0) is 20.9 Å². The fourth-order valence-corrected chi connectivity index (χ4v) is 2.06. The van der Waals surface area contributed by atoms with E-state index < -0.39 is 11.8 Å². The lowest BCUT2D eigenvalue weighted by molar-refractivity contribution is -0.136. The van der Waals surface area contributed by atoms with Crippen LogP contribution in [0.2, 0.25) is 0 Å². The van der Waals surface area contributed by atoms with Gasteiger partial charge in [0.25, 0.3) is 0 Å². The van der Waals surface area contributed by atoms with Crippen molar-refractivity contribution in [3.63, 3.8) is 0 Å². The van der Waals surface area contributed by atoms with Gasteiger partial charge in [0.2, 0.25) is 0 Å². The summed E-state index contributed by atoms with van der Waals surface area (Å²) in [7, 11) is 1.61. The number of ether oxygens (including phenoxy) is 1. The Morgan fingerprint density at radius 2 is 2.00 bits per heavy atom. The molecule has 2 N–H and O–H groups in total. The van der Waals surface area contributed by atoms with E-state index in [0.29, 0.717) is 5.69 Å². The van der Waals surface area contributed by atoms with Crippen molar-refractivity contribution in [1.29, 1.82) is 0 Å². The van der Waals surface area contributed by atoms with E-state index in [-0.39, 0.29) is 12.6 Å². The van der Waals surface area contributed by atoms with E-state index in [4.69, 9.17) is 4.74 Å². The van der Waals surface area contributed by atoms with E-state index in [1.807, 2.05) is 32.0 Å². The zero-order chi connectivity index (χ0) is 17.5. The largest absolute Gasteiger partial charge is 0.377 e. The molecule has 0 unspecified atom stereocenters. The summed E-state index contributed by atoms with van der Waals surface area (Å²) >= 11 is 0. The van der Waals surface area contributed by atoms with Gasteiger partial charge in [0, 0.05) is 31.2 Å². The van der Waals surface area contributed by atoms with Gasteiger partial charge in [0.1, 0.15) is 0 Å². The Balaban J connectivity index is 1.91. The van der Waals surface area contributed by atoms with Crippen molar-refractivity contribution < 1.29 is 14.3 Å². The first-order valence-corrected chi connectivity index (χ1v) is 7.63. The van der Waals surface area contributed by atoms with Crippen LogP contribution in [0.15, 0.2) is 42.6 Å². The number of amides is 2. The summed E-state index contributed by atoms with van der Waals surface area (Å²) in [5, 5.41) is 5.16. The number of methoxy groups -OCH3 is 1. The van der Waals surface area contributed by atoms with Gasteiger partial charge in [-0.2, -0.15) is 0 Å². The lowest BCUT2D eigenvalue weighted by Gasteiger charge is -2.12. The summed E-state index contributed by atoms with van der Waals surface area (Å²) < 4.78 is 5.24. The molecule has 1 aromatic heterocycles. The van der Waals surface area contributed by atoms with E-state index >= 15 is 0 Å². The Labute approximate surface area is 141 Å². The van der Waals surface area contributed by atoms with Crippen LogP contribution in [-0.4, -0.2) is 23.9 Å². The molecule has 126 valence electrons. The molecule has 0 spiro atoms. The normalized spacial score (nSPS) is 11.6. The molecule has 1 atom stereocenters. The third-order valence-corrected chi connectivity index (χ3v) is 3.60. The quantitative estimate of drug-likeness (QED) is 0.826. The fraction of sp³-hybridized carbons (Fsp3) is 0.278. The summed E-state index contributed by atoms with van der Waals surface area (Å²) in [4.78, 5) is 28.0. The van der Waals surface area contributed by atoms with Gasteiger partial charge in [-0.05, 0) is 43.2 Å². The van der Waals surface area contributed by atoms with Gasteiger partial charge in [-0.3, -0.25) is 14.6 Å². The van der Waals surface area contributed by atoms with E-state index in [1.54, 1.807) is 31.5 Å². The highest BCUT2D eigenvalue weighted by atomic mass is 16.5. The monoisotopic (exact) mass is 327 g/mol. The number of rotatable bonds is 5. The number of aromatic nitrogens is 1. The van der Waals surface area contributed by atoms with E-state index in [2.05, 4.69) is 15.6 Å². The molecular weight excluding hydrogens is 306 g/mol. The Kier molecular flexibility index (Phi) is 6.03. The predicted octanol–water partition coefficient (Wildman–Crippen LogP) is 2.35. The van der Waals surface area contributed by atoms with Crippen molar-refractivity contribution >= 4 is 17.5 Å². The van der Waals surface area contributed by atoms with Gasteiger partial charge < -0.3 is 15.4 Å². The highest BCUT2D eigenvalue weighted by Gasteiger charge is 2.14. The van der Waals surface area contributed by atoms with Crippen LogP contribution in [0.25, 0.3) is 0 Å². The average molecular weight is 327 g/mol. The molecule has 2 aromatic rings. The molecule has 0 radical (unpaired) electrons. The van der Waals surface area contributed by atoms with Crippen molar-refractivity contribution in [2.45, 2.75) is 26.5 Å². The molecular formula is C18H21N3O3. The Morgan fingerprint density at radius 3 is 2.67 bits per heavy atom. The highest BCUT2D eigenvalue weighted by molar-refractivity contribution is 6.39. The molecule has 0 aliphatic heterocycles. The molecule has 6 heteroatoms. The lowest BCUT2D eigenvalue weighted by atomic mass is 10.1. The molecule has 2 rings (SSSR count). The molecule has 0 bridgehead atoms. The number of benzene rings is 1. The summed E-state index contributed by atoms with van der Waals surface area (Å²) in [5.74, 6) is -1.40. The Bertz CT molecular complexity index is 714. The minimum Gasteiger partial charge on any atom is -0.377 e. The van der Waals surface area contributed by atoms with Crippen molar-refractivity contribution in [2.24, 2.45) is 0 Å². The third kappa shape index (κ3) is 4.89. The molecule has 24 heavy (non-hydrogen) atoms. The van der Waals surface area contributed by atoms with Crippen molar-refractivity contribution in [2.75, 3.05) is 12.4 Å². The second kappa shape index (κ2) is 8.21. The zero-order valence-electron chi connectivity index (χ0n) is 14.0. The second-order valence-corrected chi connectivity index (χ2v) is 5.45. The SMILES string of the molecule is CO[C@@H](C)c1cccc(NC(=O)C(=O)NCc2ccc(C)nc2)c1. The van der Waals surface area contributed by atoms with E-state index in [9.17, 15) is 9.59 Å². The summed E-state index contributed by atoms with van der Waals surface area (Å²) in [5.41, 5.74) is 3.20. The zero-order valence-corrected chi connectivity index (χ0v) is 14.0. The highest BCUT2D eigenvalue weighted by Crippen LogP contribution is 2.19. The summed E-state index contributed by atoms with van der Waals surface area (Å²) in [6.07, 6.45) is 1.58. The van der Waals surface area contributed by atoms with Crippen molar-refractivity contribution in [3.05, 3.63) is 59.4 Å². The van der Waals surface area contributed by atoms with Gasteiger partial charge in [-0.25, -0.2) is 0 Å². The molecule has 0 fully saturated rings. The topological polar surface area (TPSA) is 80.3 Å². The molecule has 0 saturated carbocycles. The molecule has 1 aromatic carbocycles. The fourth-order valence-electron chi connectivity index (χ4n) is 2.06. The van der Waals surface area contributed by atoms with Crippen LogP contribution in [0, 0.1) is 6.92 Å². The van der Waals surface area contributed by atoms with Gasteiger partial charge >= 0.3 is 11.8 Å². The van der Waals surface area contributed by atoms with Crippen LogP contribution in [0.1, 0.15) is 29.8 Å². The number of hydrogen-bond acceptors (Lipinski definition) is 4. The Morgan fingerprint density at radius 1 is 1.21 bits per heavy atom. The number of carbonyl (C=O) groups is 2. The van der Waals surface area contributed by atoms with Crippen LogP contribution >= 0.6 is 0 Å². The summed E-state index contributed by atoms with van der Waals surface area (Å²) in [6, 6.07) is 10.9. The van der Waals surface area contributed by atoms with Crippen LogP contribution in [0.5, 0.6) is 0 Å². The number of nitrogens with one attached hydrogen (secondary N) is 2. The first kappa shape index (κ1) is 17.6.